The first-order valence-corrected chi connectivity index (χ1v) is 9.88. The summed E-state index contributed by atoms with van der Waals surface area (Å²) in [7, 11) is 0. The SMILES string of the molecule is CCNC(=NCc1ccc(Br)s1)N1CCOC(C2CCCO2)C1. The number of morpholine rings is 1. The van der Waals surface area contributed by atoms with Gasteiger partial charge in [-0.3, -0.25) is 0 Å². The standard InChI is InChI=1S/C16H24BrN3O2S/c1-2-18-16(19-10-12-5-6-15(17)23-12)20-7-9-22-14(11-20)13-4-3-8-21-13/h5-6,13-14H,2-4,7-11H2,1H3,(H,18,19). The molecule has 1 aromatic heterocycles. The zero-order valence-corrected chi connectivity index (χ0v) is 15.9. The Bertz CT molecular complexity index is 531. The van der Waals surface area contributed by atoms with Gasteiger partial charge in [-0.1, -0.05) is 0 Å². The van der Waals surface area contributed by atoms with Crippen molar-refractivity contribution in [3.63, 3.8) is 0 Å². The van der Waals surface area contributed by atoms with E-state index >= 15 is 0 Å². The van der Waals surface area contributed by atoms with E-state index in [0.717, 1.165) is 55.4 Å². The lowest BCUT2D eigenvalue weighted by atomic mass is 10.1. The molecule has 0 radical (unpaired) electrons. The van der Waals surface area contributed by atoms with Crippen molar-refractivity contribution in [3.05, 3.63) is 20.8 Å². The molecule has 0 bridgehead atoms. The van der Waals surface area contributed by atoms with Crippen molar-refractivity contribution in [3.8, 4) is 0 Å². The first-order chi connectivity index (χ1) is 11.3. The van der Waals surface area contributed by atoms with E-state index in [1.807, 2.05) is 0 Å². The number of nitrogens with one attached hydrogen (secondary N) is 1. The van der Waals surface area contributed by atoms with Crippen molar-refractivity contribution in [2.75, 3.05) is 32.8 Å². The molecule has 0 spiro atoms. The first kappa shape index (κ1) is 17.2. The number of ether oxygens (including phenoxy) is 2. The van der Waals surface area contributed by atoms with Crippen LogP contribution < -0.4 is 5.32 Å². The largest absolute Gasteiger partial charge is 0.375 e. The van der Waals surface area contributed by atoms with Gasteiger partial charge in [-0.15, -0.1) is 11.3 Å². The van der Waals surface area contributed by atoms with Gasteiger partial charge in [0, 0.05) is 31.1 Å². The van der Waals surface area contributed by atoms with Gasteiger partial charge < -0.3 is 19.7 Å². The fourth-order valence-corrected chi connectivity index (χ4v) is 4.41. The molecule has 3 rings (SSSR count). The predicted octanol–water partition coefficient (Wildman–Crippen LogP) is 2.86. The topological polar surface area (TPSA) is 46.1 Å². The Kier molecular flexibility index (Phi) is 6.33. The van der Waals surface area contributed by atoms with Gasteiger partial charge in [0.1, 0.15) is 6.10 Å². The molecule has 23 heavy (non-hydrogen) atoms. The maximum atomic E-state index is 5.93. The molecule has 2 aliphatic heterocycles. The van der Waals surface area contributed by atoms with Gasteiger partial charge in [-0.25, -0.2) is 4.99 Å². The van der Waals surface area contributed by atoms with Gasteiger partial charge in [-0.2, -0.15) is 0 Å². The van der Waals surface area contributed by atoms with Crippen molar-refractivity contribution in [1.29, 1.82) is 0 Å². The van der Waals surface area contributed by atoms with E-state index in [1.165, 1.54) is 4.88 Å². The van der Waals surface area contributed by atoms with Crippen molar-refractivity contribution in [2.24, 2.45) is 4.99 Å². The summed E-state index contributed by atoms with van der Waals surface area (Å²) >= 11 is 5.24. The van der Waals surface area contributed by atoms with Gasteiger partial charge >= 0.3 is 0 Å². The van der Waals surface area contributed by atoms with Crippen LogP contribution in [0.2, 0.25) is 0 Å². The number of hydrogen-bond donors (Lipinski definition) is 1. The molecule has 0 amide bonds. The van der Waals surface area contributed by atoms with E-state index in [4.69, 9.17) is 14.5 Å². The van der Waals surface area contributed by atoms with Crippen molar-refractivity contribution < 1.29 is 9.47 Å². The van der Waals surface area contributed by atoms with Gasteiger partial charge in [0.05, 0.1) is 23.0 Å². The number of halogens is 1. The third-order valence-corrected chi connectivity index (χ3v) is 5.73. The van der Waals surface area contributed by atoms with E-state index in [0.29, 0.717) is 6.54 Å². The van der Waals surface area contributed by atoms with Crippen molar-refractivity contribution >= 4 is 33.2 Å². The Morgan fingerprint density at radius 3 is 2.96 bits per heavy atom. The average Bonchev–Trinajstić information content (AvgIpc) is 3.23. The number of rotatable bonds is 4. The second-order valence-corrected chi connectivity index (χ2v) is 8.33. The molecule has 3 heterocycles. The molecule has 5 nitrogen and oxygen atoms in total. The maximum absolute atomic E-state index is 5.93. The van der Waals surface area contributed by atoms with Crippen molar-refractivity contribution in [2.45, 2.75) is 38.5 Å². The van der Waals surface area contributed by atoms with Crippen molar-refractivity contribution in [1.82, 2.24) is 10.2 Å². The zero-order chi connectivity index (χ0) is 16.1. The highest BCUT2D eigenvalue weighted by Crippen LogP contribution is 2.23. The van der Waals surface area contributed by atoms with Crippen LogP contribution in [0.15, 0.2) is 20.9 Å². The molecule has 2 unspecified atom stereocenters. The molecule has 2 saturated heterocycles. The predicted molar refractivity (Wildman–Crippen MR) is 97.1 cm³/mol. The Hall–Kier alpha value is -0.630. The van der Waals surface area contributed by atoms with Crippen LogP contribution in [0.3, 0.4) is 0 Å². The number of hydrogen-bond acceptors (Lipinski definition) is 4. The maximum Gasteiger partial charge on any atom is 0.194 e. The number of thiophene rings is 1. The Balaban J connectivity index is 1.64. The van der Waals surface area contributed by atoms with Crippen LogP contribution in [0, 0.1) is 0 Å². The number of guanidine groups is 1. The highest BCUT2D eigenvalue weighted by molar-refractivity contribution is 9.11. The monoisotopic (exact) mass is 401 g/mol. The van der Waals surface area contributed by atoms with E-state index in [2.05, 4.69) is 45.2 Å². The zero-order valence-electron chi connectivity index (χ0n) is 13.5. The lowest BCUT2D eigenvalue weighted by molar-refractivity contribution is -0.0817. The van der Waals surface area contributed by atoms with Crippen LogP contribution in [0.1, 0.15) is 24.6 Å². The van der Waals surface area contributed by atoms with Crippen LogP contribution in [0.5, 0.6) is 0 Å². The van der Waals surface area contributed by atoms with E-state index < -0.39 is 0 Å². The van der Waals surface area contributed by atoms with Crippen LogP contribution in [0.4, 0.5) is 0 Å². The van der Waals surface area contributed by atoms with Gasteiger partial charge in [0.25, 0.3) is 0 Å². The molecule has 2 atom stereocenters. The molecular weight excluding hydrogens is 378 g/mol. The summed E-state index contributed by atoms with van der Waals surface area (Å²) in [5.74, 6) is 0.975. The number of nitrogens with zero attached hydrogens (tertiary/aromatic N) is 2. The van der Waals surface area contributed by atoms with Gasteiger partial charge in [-0.05, 0) is 47.8 Å². The summed E-state index contributed by atoms with van der Waals surface area (Å²) in [6, 6.07) is 4.20. The minimum absolute atomic E-state index is 0.158. The molecule has 0 aromatic carbocycles. The van der Waals surface area contributed by atoms with Crippen LogP contribution in [-0.2, 0) is 16.0 Å². The molecule has 0 aliphatic carbocycles. The highest BCUT2D eigenvalue weighted by Gasteiger charge is 2.32. The first-order valence-electron chi connectivity index (χ1n) is 8.27. The molecule has 2 fully saturated rings. The highest BCUT2D eigenvalue weighted by atomic mass is 79.9. The summed E-state index contributed by atoms with van der Waals surface area (Å²) in [5.41, 5.74) is 0. The van der Waals surface area contributed by atoms with E-state index in [1.54, 1.807) is 11.3 Å². The summed E-state index contributed by atoms with van der Waals surface area (Å²) in [5, 5.41) is 3.41. The van der Waals surface area contributed by atoms with E-state index in [-0.39, 0.29) is 12.2 Å². The minimum atomic E-state index is 0.158. The smallest absolute Gasteiger partial charge is 0.194 e. The van der Waals surface area contributed by atoms with Crippen LogP contribution >= 0.6 is 27.3 Å². The average molecular weight is 402 g/mol. The van der Waals surface area contributed by atoms with Crippen LogP contribution in [0.25, 0.3) is 0 Å². The van der Waals surface area contributed by atoms with Gasteiger partial charge in [0.15, 0.2) is 5.96 Å². The fourth-order valence-electron chi connectivity index (χ4n) is 3.00. The Morgan fingerprint density at radius 1 is 1.39 bits per heavy atom. The van der Waals surface area contributed by atoms with Crippen LogP contribution in [-0.4, -0.2) is 55.9 Å². The van der Waals surface area contributed by atoms with E-state index in [9.17, 15) is 0 Å². The molecular formula is C16H24BrN3O2S. The fraction of sp³-hybridized carbons (Fsp3) is 0.688. The molecule has 7 heteroatoms. The third kappa shape index (κ3) is 4.68. The normalized spacial score (nSPS) is 25.8. The summed E-state index contributed by atoms with van der Waals surface area (Å²) in [6.07, 6.45) is 2.65. The summed E-state index contributed by atoms with van der Waals surface area (Å²) < 4.78 is 12.9. The summed E-state index contributed by atoms with van der Waals surface area (Å²) in [4.78, 5) is 8.37. The molecule has 1 N–H and O–H groups in total. The molecule has 2 aliphatic rings. The summed E-state index contributed by atoms with van der Waals surface area (Å²) in [6.45, 7) is 7.02. The Labute approximate surface area is 150 Å². The second kappa shape index (κ2) is 8.46. The third-order valence-electron chi connectivity index (χ3n) is 4.12. The lowest BCUT2D eigenvalue weighted by Crippen LogP contribution is -2.53. The lowest BCUT2D eigenvalue weighted by Gasteiger charge is -2.37. The molecule has 128 valence electrons. The quantitative estimate of drug-likeness (QED) is 0.622. The number of aliphatic imine (C=N–C) groups is 1. The Morgan fingerprint density at radius 2 is 2.26 bits per heavy atom. The minimum Gasteiger partial charge on any atom is -0.375 e. The molecule has 0 saturated carbocycles. The molecule has 1 aromatic rings. The second-order valence-electron chi connectivity index (χ2n) is 5.78. The van der Waals surface area contributed by atoms with Gasteiger partial charge in [0.2, 0.25) is 0 Å².